The Morgan fingerprint density at radius 3 is 2.67 bits per heavy atom. The molecule has 1 spiro atoms. The molecule has 0 radical (unpaired) electrons. The molecule has 1 nitrogen and oxygen atoms in total. The van der Waals surface area contributed by atoms with Crippen molar-refractivity contribution in [1.82, 2.24) is 4.90 Å². The van der Waals surface area contributed by atoms with Crippen molar-refractivity contribution in [3.8, 4) is 0 Å². The Morgan fingerprint density at radius 1 is 1.33 bits per heavy atom. The third-order valence-corrected chi connectivity index (χ3v) is 3.84. The molecule has 3 heteroatoms. The molecule has 0 bridgehead atoms. The molecule has 2 heterocycles. The van der Waals surface area contributed by atoms with E-state index in [4.69, 9.17) is 0 Å². The van der Waals surface area contributed by atoms with E-state index in [0.717, 1.165) is 19.4 Å². The van der Waals surface area contributed by atoms with Crippen LogP contribution in [0.2, 0.25) is 0 Å². The second-order valence-corrected chi connectivity index (χ2v) is 4.63. The molecule has 1 saturated carbocycles. The summed E-state index contributed by atoms with van der Waals surface area (Å²) in [6.07, 6.45) is 3.29. The van der Waals surface area contributed by atoms with Gasteiger partial charge in [-0.1, -0.05) is 0 Å². The summed E-state index contributed by atoms with van der Waals surface area (Å²) in [5.74, 6) is -2.32. The van der Waals surface area contributed by atoms with Crippen LogP contribution >= 0.6 is 0 Å². The van der Waals surface area contributed by atoms with Crippen LogP contribution in [0.4, 0.5) is 8.78 Å². The van der Waals surface area contributed by atoms with Gasteiger partial charge in [0.15, 0.2) is 0 Å². The van der Waals surface area contributed by atoms with Crippen LogP contribution < -0.4 is 0 Å². The molecular formula is C9H13F2N. The minimum atomic E-state index is -2.32. The van der Waals surface area contributed by atoms with Gasteiger partial charge in [0, 0.05) is 19.0 Å². The van der Waals surface area contributed by atoms with E-state index in [0.29, 0.717) is 12.6 Å². The largest absolute Gasteiger partial charge is 0.300 e. The molecule has 2 atom stereocenters. The number of rotatable bonds is 0. The highest BCUT2D eigenvalue weighted by atomic mass is 19.3. The lowest BCUT2D eigenvalue weighted by molar-refractivity contribution is 0.0660. The summed E-state index contributed by atoms with van der Waals surface area (Å²) >= 11 is 0. The van der Waals surface area contributed by atoms with Crippen molar-refractivity contribution in [1.29, 1.82) is 0 Å². The first-order valence-electron chi connectivity index (χ1n) is 4.75. The average Bonchev–Trinajstić information content (AvgIpc) is 2.26. The van der Waals surface area contributed by atoms with E-state index < -0.39 is 11.3 Å². The van der Waals surface area contributed by atoms with Gasteiger partial charge in [-0.25, -0.2) is 8.78 Å². The monoisotopic (exact) mass is 173 g/mol. The van der Waals surface area contributed by atoms with Crippen LogP contribution in [0.15, 0.2) is 0 Å². The number of hydrogen-bond acceptors (Lipinski definition) is 1. The molecule has 0 aromatic heterocycles. The van der Waals surface area contributed by atoms with E-state index in [-0.39, 0.29) is 6.42 Å². The Balaban J connectivity index is 1.81. The minimum absolute atomic E-state index is 0.160. The van der Waals surface area contributed by atoms with Crippen LogP contribution in [0.5, 0.6) is 0 Å². The maximum atomic E-state index is 13.0. The van der Waals surface area contributed by atoms with Crippen molar-refractivity contribution in [3.05, 3.63) is 0 Å². The minimum Gasteiger partial charge on any atom is -0.300 e. The maximum absolute atomic E-state index is 13.0. The Labute approximate surface area is 70.7 Å². The molecule has 1 aliphatic carbocycles. The molecule has 3 aliphatic rings. The molecule has 3 fully saturated rings. The molecule has 2 saturated heterocycles. The molecule has 2 aliphatic heterocycles. The van der Waals surface area contributed by atoms with Crippen molar-refractivity contribution < 1.29 is 8.78 Å². The summed E-state index contributed by atoms with van der Waals surface area (Å²) in [6, 6.07) is 0.498. The number of nitrogens with zero attached hydrogens (tertiary/aromatic N) is 1. The molecule has 0 N–H and O–H groups in total. The van der Waals surface area contributed by atoms with Crippen molar-refractivity contribution in [2.45, 2.75) is 37.6 Å². The quantitative estimate of drug-likeness (QED) is 0.540. The van der Waals surface area contributed by atoms with E-state index in [1.807, 2.05) is 0 Å². The molecule has 3 rings (SSSR count). The summed E-state index contributed by atoms with van der Waals surface area (Å²) < 4.78 is 25.9. The van der Waals surface area contributed by atoms with Gasteiger partial charge in [-0.2, -0.15) is 0 Å². The van der Waals surface area contributed by atoms with Crippen molar-refractivity contribution in [2.75, 3.05) is 13.1 Å². The van der Waals surface area contributed by atoms with Gasteiger partial charge >= 0.3 is 0 Å². The van der Waals surface area contributed by atoms with Crippen LogP contribution in [0.1, 0.15) is 25.7 Å². The van der Waals surface area contributed by atoms with Crippen LogP contribution in [0.3, 0.4) is 0 Å². The number of hydrogen-bond donors (Lipinski definition) is 0. The van der Waals surface area contributed by atoms with E-state index in [1.54, 1.807) is 0 Å². The van der Waals surface area contributed by atoms with Crippen LogP contribution in [0, 0.1) is 5.41 Å². The number of halogens is 2. The zero-order valence-corrected chi connectivity index (χ0v) is 7.02. The van der Waals surface area contributed by atoms with Gasteiger partial charge < -0.3 is 0 Å². The summed E-state index contributed by atoms with van der Waals surface area (Å²) in [5.41, 5.74) is -0.571. The van der Waals surface area contributed by atoms with Gasteiger partial charge in [0.1, 0.15) is 0 Å². The normalized spacial score (nSPS) is 50.0. The van der Waals surface area contributed by atoms with Gasteiger partial charge in [-0.15, -0.1) is 0 Å². The first kappa shape index (κ1) is 7.25. The average molecular weight is 173 g/mol. The van der Waals surface area contributed by atoms with Crippen LogP contribution in [-0.2, 0) is 0 Å². The molecular weight excluding hydrogens is 160 g/mol. The Morgan fingerprint density at radius 2 is 2.08 bits per heavy atom. The zero-order valence-electron chi connectivity index (χ0n) is 7.02. The maximum Gasteiger partial charge on any atom is 0.255 e. The lowest BCUT2D eigenvalue weighted by atomic mass is 10.0. The van der Waals surface area contributed by atoms with Crippen molar-refractivity contribution >= 4 is 0 Å². The molecule has 0 aromatic rings. The zero-order chi connectivity index (χ0) is 8.40. The van der Waals surface area contributed by atoms with Crippen LogP contribution in [0.25, 0.3) is 0 Å². The first-order chi connectivity index (χ1) is 5.63. The second-order valence-electron chi connectivity index (χ2n) is 4.63. The number of alkyl halides is 2. The third-order valence-electron chi connectivity index (χ3n) is 3.84. The lowest BCUT2D eigenvalue weighted by Crippen LogP contribution is -2.23. The topological polar surface area (TPSA) is 3.24 Å². The summed E-state index contributed by atoms with van der Waals surface area (Å²) in [6.45, 7) is 1.73. The van der Waals surface area contributed by atoms with E-state index in [9.17, 15) is 8.78 Å². The predicted molar refractivity (Wildman–Crippen MR) is 41.2 cm³/mol. The van der Waals surface area contributed by atoms with Gasteiger partial charge in [-0.3, -0.25) is 4.90 Å². The molecule has 0 amide bonds. The highest BCUT2D eigenvalue weighted by Crippen LogP contribution is 2.67. The summed E-state index contributed by atoms with van der Waals surface area (Å²) in [7, 11) is 0. The predicted octanol–water partition coefficient (Wildman–Crippen LogP) is 1.88. The molecule has 0 aromatic carbocycles. The molecule has 68 valence electrons. The number of fused-ring (bicyclic) bond motifs is 1. The fraction of sp³-hybridized carbons (Fsp3) is 1.00. The van der Waals surface area contributed by atoms with E-state index >= 15 is 0 Å². The van der Waals surface area contributed by atoms with Crippen molar-refractivity contribution in [2.24, 2.45) is 5.41 Å². The second kappa shape index (κ2) is 1.84. The van der Waals surface area contributed by atoms with Gasteiger partial charge in [0.05, 0.1) is 5.41 Å². The lowest BCUT2D eigenvalue weighted by Gasteiger charge is -2.12. The Hall–Kier alpha value is -0.180. The van der Waals surface area contributed by atoms with E-state index in [2.05, 4.69) is 4.90 Å². The summed E-state index contributed by atoms with van der Waals surface area (Å²) in [4.78, 5) is 2.26. The van der Waals surface area contributed by atoms with Crippen LogP contribution in [-0.4, -0.2) is 30.0 Å². The standard InChI is InChI=1S/C9H13F2N/c10-9(11)5-8(9)4-7-2-1-3-12(7)6-8/h7H,1-6H2. The molecule has 12 heavy (non-hydrogen) atoms. The first-order valence-corrected chi connectivity index (χ1v) is 4.75. The smallest absolute Gasteiger partial charge is 0.255 e. The highest BCUT2D eigenvalue weighted by molar-refractivity contribution is 5.17. The SMILES string of the molecule is FC1(F)CC12CC1CCCN1C2. The van der Waals surface area contributed by atoms with Gasteiger partial charge in [-0.05, 0) is 25.8 Å². The summed E-state index contributed by atoms with van der Waals surface area (Å²) in [5, 5.41) is 0. The van der Waals surface area contributed by atoms with E-state index in [1.165, 1.54) is 6.42 Å². The highest BCUT2D eigenvalue weighted by Gasteiger charge is 2.74. The van der Waals surface area contributed by atoms with Gasteiger partial charge in [0.2, 0.25) is 0 Å². The fourth-order valence-electron chi connectivity index (χ4n) is 3.01. The molecule has 2 unspecified atom stereocenters. The van der Waals surface area contributed by atoms with Crippen molar-refractivity contribution in [3.63, 3.8) is 0 Å². The van der Waals surface area contributed by atoms with Gasteiger partial charge in [0.25, 0.3) is 5.92 Å². The fourth-order valence-corrected chi connectivity index (χ4v) is 3.01. The Kier molecular flexibility index (Phi) is 1.11. The Bertz CT molecular complexity index is 215. The third kappa shape index (κ3) is 0.709.